The number of likely N-dealkylation sites (N-methyl/N-ethyl adjacent to an activating group) is 2. The van der Waals surface area contributed by atoms with Crippen molar-refractivity contribution in [3.8, 4) is 0 Å². The molecule has 8 nitrogen and oxygen atoms in total. The first-order valence-electron chi connectivity index (χ1n) is 9.78. The molecule has 0 saturated carbocycles. The number of hydrogen-bond acceptors (Lipinski definition) is 5. The van der Waals surface area contributed by atoms with Crippen molar-refractivity contribution in [2.24, 2.45) is 11.8 Å². The van der Waals surface area contributed by atoms with Crippen molar-refractivity contribution in [3.63, 3.8) is 0 Å². The number of quaternary nitrogens is 1. The number of nitrogens with zero attached hydrogens (tertiary/aromatic N) is 2. The van der Waals surface area contributed by atoms with Gasteiger partial charge in [-0.2, -0.15) is 0 Å². The van der Waals surface area contributed by atoms with E-state index < -0.39 is 18.0 Å². The predicted octanol–water partition coefficient (Wildman–Crippen LogP) is 0.227. The van der Waals surface area contributed by atoms with E-state index in [0.29, 0.717) is 15.8 Å². The van der Waals surface area contributed by atoms with Gasteiger partial charge >= 0.3 is 5.97 Å². The molecule has 28 heavy (non-hydrogen) atoms. The standard InChI is InChI=1S/C19H29N3O5S/c1-6-22(5)8-11(7-12(22)17(24)20-4)28-16-9(2)14-13(10(3)23)18(25)21(14)15(16)19(26)27/h9-14,23H,6-8H2,1-5H3,(H-,20,24,26,27)/p+1/t9-,10-,11+,12+,13-,14-,22?/m1/s1. The molecule has 2 saturated heterocycles. The molecule has 1 unspecified atom stereocenters. The maximum atomic E-state index is 12.5. The summed E-state index contributed by atoms with van der Waals surface area (Å²) in [6.07, 6.45) is -0.143. The zero-order chi connectivity index (χ0) is 21.0. The molecule has 3 aliphatic rings. The topological polar surface area (TPSA) is 107 Å². The molecule has 9 heteroatoms. The average Bonchev–Trinajstić information content (AvgIpc) is 3.08. The highest BCUT2D eigenvalue weighted by Gasteiger charge is 2.60. The first kappa shape index (κ1) is 21.1. The van der Waals surface area contributed by atoms with Crippen LogP contribution in [0.15, 0.2) is 10.6 Å². The quantitative estimate of drug-likeness (QED) is 0.426. The molecule has 0 aromatic rings. The van der Waals surface area contributed by atoms with Crippen molar-refractivity contribution in [2.45, 2.75) is 50.6 Å². The maximum absolute atomic E-state index is 12.5. The highest BCUT2D eigenvalue weighted by molar-refractivity contribution is 8.03. The molecule has 7 atom stereocenters. The van der Waals surface area contributed by atoms with Crippen LogP contribution in [0.3, 0.4) is 0 Å². The third-order valence-electron chi connectivity index (χ3n) is 6.74. The average molecular weight is 413 g/mol. The highest BCUT2D eigenvalue weighted by Crippen LogP contribution is 2.52. The number of fused-ring (bicyclic) bond motifs is 1. The van der Waals surface area contributed by atoms with Gasteiger partial charge in [-0.1, -0.05) is 6.92 Å². The van der Waals surface area contributed by atoms with Crippen molar-refractivity contribution < 1.29 is 29.1 Å². The molecule has 3 heterocycles. The largest absolute Gasteiger partial charge is 0.477 e. The third-order valence-corrected chi connectivity index (χ3v) is 8.23. The minimum Gasteiger partial charge on any atom is -0.477 e. The van der Waals surface area contributed by atoms with Crippen molar-refractivity contribution in [1.29, 1.82) is 0 Å². The molecule has 0 spiro atoms. The second kappa shape index (κ2) is 7.35. The first-order valence-corrected chi connectivity index (χ1v) is 10.7. The van der Waals surface area contributed by atoms with Gasteiger partial charge in [0.15, 0.2) is 6.04 Å². The zero-order valence-electron chi connectivity index (χ0n) is 17.0. The van der Waals surface area contributed by atoms with Crippen LogP contribution in [-0.2, 0) is 14.4 Å². The monoisotopic (exact) mass is 412 g/mol. The number of amides is 2. The number of aliphatic hydroxyl groups excluding tert-OH is 1. The van der Waals surface area contributed by atoms with Crippen molar-refractivity contribution in [1.82, 2.24) is 10.2 Å². The van der Waals surface area contributed by atoms with E-state index in [4.69, 9.17) is 0 Å². The highest BCUT2D eigenvalue weighted by atomic mass is 32.2. The molecule has 2 fully saturated rings. The summed E-state index contributed by atoms with van der Waals surface area (Å²) < 4.78 is 0.615. The van der Waals surface area contributed by atoms with E-state index >= 15 is 0 Å². The lowest BCUT2D eigenvalue weighted by molar-refractivity contribution is -0.910. The van der Waals surface area contributed by atoms with Crippen LogP contribution in [0, 0.1) is 11.8 Å². The van der Waals surface area contributed by atoms with Crippen LogP contribution in [-0.4, -0.2) is 88.0 Å². The smallest absolute Gasteiger partial charge is 0.353 e. The number of aliphatic carboxylic acids is 1. The van der Waals surface area contributed by atoms with Crippen LogP contribution < -0.4 is 5.32 Å². The van der Waals surface area contributed by atoms with E-state index in [1.54, 1.807) is 14.0 Å². The fourth-order valence-corrected chi connectivity index (χ4v) is 6.72. The molecule has 0 radical (unpaired) electrons. The van der Waals surface area contributed by atoms with Crippen LogP contribution >= 0.6 is 11.8 Å². The van der Waals surface area contributed by atoms with Gasteiger partial charge in [0.2, 0.25) is 5.91 Å². The van der Waals surface area contributed by atoms with E-state index in [9.17, 15) is 24.6 Å². The number of likely N-dealkylation sites (tertiary alicyclic amines) is 1. The summed E-state index contributed by atoms with van der Waals surface area (Å²) in [5, 5.41) is 22.6. The fraction of sp³-hybridized carbons (Fsp3) is 0.737. The molecule has 156 valence electrons. The predicted molar refractivity (Wildman–Crippen MR) is 105 cm³/mol. The Hall–Kier alpha value is -1.58. The van der Waals surface area contributed by atoms with Crippen LogP contribution in [0.25, 0.3) is 0 Å². The van der Waals surface area contributed by atoms with Crippen LogP contribution in [0.4, 0.5) is 0 Å². The Bertz CT molecular complexity index is 739. The number of rotatable bonds is 6. The van der Waals surface area contributed by atoms with E-state index in [-0.39, 0.29) is 40.8 Å². The molecule has 3 aliphatic heterocycles. The van der Waals surface area contributed by atoms with Crippen LogP contribution in [0.1, 0.15) is 27.2 Å². The van der Waals surface area contributed by atoms with Crippen LogP contribution in [0.5, 0.6) is 0 Å². The summed E-state index contributed by atoms with van der Waals surface area (Å²) >= 11 is 1.50. The summed E-state index contributed by atoms with van der Waals surface area (Å²) in [6.45, 7) is 7.14. The van der Waals surface area contributed by atoms with Gasteiger partial charge in [0, 0.05) is 24.3 Å². The Kier molecular flexibility index (Phi) is 5.55. The molecule has 0 aromatic heterocycles. The number of carbonyl (C=O) groups excluding carboxylic acids is 2. The molecule has 0 aliphatic carbocycles. The Labute approximate surface area is 169 Å². The van der Waals surface area contributed by atoms with Gasteiger partial charge in [-0.3, -0.25) is 9.59 Å². The summed E-state index contributed by atoms with van der Waals surface area (Å²) in [6, 6.07) is -0.466. The molecular formula is C19H30N3O5S+. The van der Waals surface area contributed by atoms with E-state index in [2.05, 4.69) is 19.3 Å². The van der Waals surface area contributed by atoms with Crippen molar-refractivity contribution in [3.05, 3.63) is 10.6 Å². The molecule has 0 bridgehead atoms. The van der Waals surface area contributed by atoms with E-state index in [1.807, 2.05) is 6.92 Å². The zero-order valence-corrected chi connectivity index (χ0v) is 17.8. The van der Waals surface area contributed by atoms with Crippen LogP contribution in [0.2, 0.25) is 0 Å². The first-order chi connectivity index (χ1) is 13.1. The van der Waals surface area contributed by atoms with Crippen molar-refractivity contribution in [2.75, 3.05) is 27.2 Å². The lowest BCUT2D eigenvalue weighted by Crippen LogP contribution is -2.63. The van der Waals surface area contributed by atoms with Gasteiger partial charge in [0.1, 0.15) is 5.70 Å². The van der Waals surface area contributed by atoms with Gasteiger partial charge in [0.05, 0.1) is 43.5 Å². The number of nitrogens with one attached hydrogen (secondary N) is 1. The SMILES string of the molecule is CC[N+]1(C)C[C@@H](SC2=C(C(=O)O)N3C(=O)[C@H]([C@@H](C)O)[C@H]3[C@H]2C)C[C@H]1C(=O)NC. The minimum atomic E-state index is -1.11. The number of carbonyl (C=O) groups is 3. The molecule has 3 N–H and O–H groups in total. The molecular weight excluding hydrogens is 382 g/mol. The van der Waals surface area contributed by atoms with Gasteiger partial charge < -0.3 is 24.9 Å². The van der Waals surface area contributed by atoms with Gasteiger partial charge in [-0.15, -0.1) is 11.8 Å². The fourth-order valence-electron chi connectivity index (χ4n) is 5.02. The number of carboxylic acid groups (broad SMARTS) is 1. The van der Waals surface area contributed by atoms with Gasteiger partial charge in [0.25, 0.3) is 5.91 Å². The lowest BCUT2D eigenvalue weighted by Gasteiger charge is -2.46. The Morgan fingerprint density at radius 1 is 1.43 bits per heavy atom. The summed E-state index contributed by atoms with van der Waals surface area (Å²) in [5.74, 6) is -2.12. The molecule has 2 amide bonds. The summed E-state index contributed by atoms with van der Waals surface area (Å²) in [7, 11) is 3.70. The lowest BCUT2D eigenvalue weighted by atomic mass is 9.79. The second-order valence-corrected chi connectivity index (χ2v) is 9.70. The summed E-state index contributed by atoms with van der Waals surface area (Å²) in [4.78, 5) is 38.8. The normalized spacial score (nSPS) is 38.3. The summed E-state index contributed by atoms with van der Waals surface area (Å²) in [5.41, 5.74) is 0.0542. The van der Waals surface area contributed by atoms with Gasteiger partial charge in [-0.05, 0) is 13.8 Å². The number of hydrogen-bond donors (Lipinski definition) is 3. The number of thioether (sulfide) groups is 1. The van der Waals surface area contributed by atoms with E-state index in [1.165, 1.54) is 16.7 Å². The number of carboxylic acids is 1. The maximum Gasteiger partial charge on any atom is 0.353 e. The second-order valence-electron chi connectivity index (χ2n) is 8.36. The Morgan fingerprint density at radius 2 is 2.07 bits per heavy atom. The molecule has 3 rings (SSSR count). The number of β-lactam (4-membered cyclic amide) rings is 1. The Morgan fingerprint density at radius 3 is 2.57 bits per heavy atom. The minimum absolute atomic E-state index is 0.00697. The number of aliphatic hydroxyl groups is 1. The Balaban J connectivity index is 1.87. The van der Waals surface area contributed by atoms with E-state index in [0.717, 1.165) is 13.1 Å². The van der Waals surface area contributed by atoms with Gasteiger partial charge in [-0.25, -0.2) is 4.79 Å². The third kappa shape index (κ3) is 3.04. The molecule has 0 aromatic carbocycles. The van der Waals surface area contributed by atoms with Crippen molar-refractivity contribution >= 4 is 29.5 Å².